The number of hydrogen-bond acceptors (Lipinski definition) is 6. The predicted molar refractivity (Wildman–Crippen MR) is 109 cm³/mol. The molecule has 0 saturated heterocycles. The van der Waals surface area contributed by atoms with E-state index < -0.39 is 10.0 Å². The average Bonchev–Trinajstić information content (AvgIpc) is 3.10. The Hall–Kier alpha value is -2.91. The van der Waals surface area contributed by atoms with Crippen LogP contribution in [-0.2, 0) is 21.2 Å². The number of hydrogen-bond donors (Lipinski definition) is 2. The van der Waals surface area contributed by atoms with Gasteiger partial charge in [0.15, 0.2) is 5.13 Å². The van der Waals surface area contributed by atoms with Crippen molar-refractivity contribution in [3.05, 3.63) is 65.7 Å². The van der Waals surface area contributed by atoms with Crippen molar-refractivity contribution >= 4 is 38.1 Å². The lowest BCUT2D eigenvalue weighted by Crippen LogP contribution is -2.16. The number of nitrogens with one attached hydrogen (secondary N) is 2. The van der Waals surface area contributed by atoms with Crippen molar-refractivity contribution in [3.8, 4) is 5.75 Å². The van der Waals surface area contributed by atoms with E-state index in [0.717, 1.165) is 11.3 Å². The number of ether oxygens (including phenoxy) is 1. The molecule has 2 N–H and O–H groups in total. The van der Waals surface area contributed by atoms with Crippen LogP contribution in [0.3, 0.4) is 0 Å². The maximum atomic E-state index is 12.3. The highest BCUT2D eigenvalue weighted by Gasteiger charge is 2.16. The van der Waals surface area contributed by atoms with E-state index in [-0.39, 0.29) is 22.4 Å². The minimum Gasteiger partial charge on any atom is -0.492 e. The van der Waals surface area contributed by atoms with Crippen molar-refractivity contribution in [2.24, 2.45) is 0 Å². The van der Waals surface area contributed by atoms with Gasteiger partial charge < -0.3 is 10.1 Å². The van der Waals surface area contributed by atoms with E-state index >= 15 is 0 Å². The summed E-state index contributed by atoms with van der Waals surface area (Å²) in [5, 5.41) is 4.65. The van der Waals surface area contributed by atoms with Gasteiger partial charge in [-0.2, -0.15) is 0 Å². The van der Waals surface area contributed by atoms with Gasteiger partial charge in [0.2, 0.25) is 5.91 Å². The lowest BCUT2D eigenvalue weighted by atomic mass is 10.2. The maximum Gasteiger partial charge on any atom is 0.263 e. The highest BCUT2D eigenvalue weighted by Crippen LogP contribution is 2.24. The van der Waals surface area contributed by atoms with Crippen LogP contribution in [0.2, 0.25) is 0 Å². The molecule has 1 amide bonds. The van der Waals surface area contributed by atoms with Crippen LogP contribution in [-0.4, -0.2) is 25.9 Å². The number of sulfonamides is 1. The van der Waals surface area contributed by atoms with Gasteiger partial charge in [-0.1, -0.05) is 30.3 Å². The number of rotatable bonds is 8. The summed E-state index contributed by atoms with van der Waals surface area (Å²) in [4.78, 5) is 16.7. The predicted octanol–water partition coefficient (Wildman–Crippen LogP) is 3.52. The van der Waals surface area contributed by atoms with Gasteiger partial charge in [0.25, 0.3) is 10.0 Å². The number of amides is 1. The van der Waals surface area contributed by atoms with Crippen LogP contribution in [0.1, 0.15) is 12.6 Å². The van der Waals surface area contributed by atoms with E-state index in [0.29, 0.717) is 23.7 Å². The molecule has 0 spiro atoms. The second-order valence-electron chi connectivity index (χ2n) is 5.72. The molecule has 0 aliphatic rings. The molecule has 0 unspecified atom stereocenters. The largest absolute Gasteiger partial charge is 0.492 e. The summed E-state index contributed by atoms with van der Waals surface area (Å²) >= 11 is 1.12. The molecule has 1 heterocycles. The second kappa shape index (κ2) is 8.85. The number of nitrogens with zero attached hydrogens (tertiary/aromatic N) is 1. The fourth-order valence-corrected chi connectivity index (χ4v) is 4.40. The molecule has 2 aromatic carbocycles. The van der Waals surface area contributed by atoms with Gasteiger partial charge in [-0.05, 0) is 31.2 Å². The Kier molecular flexibility index (Phi) is 6.27. The molecule has 0 saturated carbocycles. The number of benzene rings is 2. The first-order valence-electron chi connectivity index (χ1n) is 8.52. The topological polar surface area (TPSA) is 97.4 Å². The van der Waals surface area contributed by atoms with Crippen molar-refractivity contribution in [1.29, 1.82) is 0 Å². The SMILES string of the molecule is CCOc1ccccc1NC(=O)Cc1csc(NS(=O)(=O)c2ccccc2)n1. The zero-order valence-electron chi connectivity index (χ0n) is 15.1. The van der Waals surface area contributed by atoms with Crippen LogP contribution >= 0.6 is 11.3 Å². The zero-order chi connectivity index (χ0) is 20.0. The molecule has 0 aliphatic carbocycles. The summed E-state index contributed by atoms with van der Waals surface area (Å²) in [7, 11) is -3.71. The number of thiazole rings is 1. The molecule has 28 heavy (non-hydrogen) atoms. The Morgan fingerprint density at radius 1 is 1.11 bits per heavy atom. The van der Waals surface area contributed by atoms with Crippen LogP contribution < -0.4 is 14.8 Å². The molecule has 146 valence electrons. The molecule has 0 atom stereocenters. The molecule has 3 aromatic rings. The van der Waals surface area contributed by atoms with Crippen LogP contribution in [0.5, 0.6) is 5.75 Å². The molecule has 0 radical (unpaired) electrons. The Morgan fingerprint density at radius 3 is 2.57 bits per heavy atom. The van der Waals surface area contributed by atoms with Crippen molar-refractivity contribution in [1.82, 2.24) is 4.98 Å². The van der Waals surface area contributed by atoms with Crippen LogP contribution in [0.15, 0.2) is 64.9 Å². The lowest BCUT2D eigenvalue weighted by molar-refractivity contribution is -0.115. The Balaban J connectivity index is 1.64. The number of anilines is 2. The highest BCUT2D eigenvalue weighted by atomic mass is 32.2. The van der Waals surface area contributed by atoms with Crippen molar-refractivity contribution < 1.29 is 17.9 Å². The van der Waals surface area contributed by atoms with Crippen molar-refractivity contribution in [2.45, 2.75) is 18.2 Å². The molecule has 9 heteroatoms. The van der Waals surface area contributed by atoms with E-state index in [1.54, 1.807) is 41.8 Å². The van der Waals surface area contributed by atoms with E-state index in [2.05, 4.69) is 15.0 Å². The number of carbonyl (C=O) groups excluding carboxylic acids is 1. The Morgan fingerprint density at radius 2 is 1.82 bits per heavy atom. The summed E-state index contributed by atoms with van der Waals surface area (Å²) in [6.07, 6.45) is 0.0179. The number of carbonyl (C=O) groups is 1. The maximum absolute atomic E-state index is 12.3. The van der Waals surface area contributed by atoms with Crippen LogP contribution in [0.25, 0.3) is 0 Å². The third kappa shape index (κ3) is 5.08. The summed E-state index contributed by atoms with van der Waals surface area (Å²) in [5.41, 5.74) is 1.05. The van der Waals surface area contributed by atoms with Gasteiger partial charge in [-0.3, -0.25) is 9.52 Å². The third-order valence-electron chi connectivity index (χ3n) is 3.63. The summed E-state index contributed by atoms with van der Waals surface area (Å²) in [5.74, 6) is 0.322. The van der Waals surface area contributed by atoms with Gasteiger partial charge in [0, 0.05) is 5.38 Å². The molecule has 1 aromatic heterocycles. The summed E-state index contributed by atoms with van der Waals surface area (Å²) in [6.45, 7) is 2.36. The monoisotopic (exact) mass is 417 g/mol. The van der Waals surface area contributed by atoms with Gasteiger partial charge >= 0.3 is 0 Å². The first-order chi connectivity index (χ1) is 13.5. The Bertz CT molecular complexity index is 1050. The quantitative estimate of drug-likeness (QED) is 0.584. The van der Waals surface area contributed by atoms with Crippen molar-refractivity contribution in [2.75, 3.05) is 16.6 Å². The van der Waals surface area contributed by atoms with E-state index in [4.69, 9.17) is 4.74 Å². The number of para-hydroxylation sites is 2. The third-order valence-corrected chi connectivity index (χ3v) is 5.92. The first-order valence-corrected chi connectivity index (χ1v) is 10.9. The molecule has 0 aliphatic heterocycles. The molecular formula is C19H19N3O4S2. The molecular weight excluding hydrogens is 398 g/mol. The smallest absolute Gasteiger partial charge is 0.263 e. The van der Waals surface area contributed by atoms with Gasteiger partial charge in [0.05, 0.1) is 29.3 Å². The average molecular weight is 418 g/mol. The normalized spacial score (nSPS) is 11.0. The van der Waals surface area contributed by atoms with E-state index in [9.17, 15) is 13.2 Å². The highest BCUT2D eigenvalue weighted by molar-refractivity contribution is 7.93. The fraction of sp³-hybridized carbons (Fsp3) is 0.158. The second-order valence-corrected chi connectivity index (χ2v) is 8.26. The molecule has 0 fully saturated rings. The first kappa shape index (κ1) is 19.8. The van der Waals surface area contributed by atoms with Gasteiger partial charge in [0.1, 0.15) is 5.75 Å². The minimum atomic E-state index is -3.71. The van der Waals surface area contributed by atoms with Crippen molar-refractivity contribution in [3.63, 3.8) is 0 Å². The van der Waals surface area contributed by atoms with Gasteiger partial charge in [-0.25, -0.2) is 13.4 Å². The molecule has 7 nitrogen and oxygen atoms in total. The van der Waals surface area contributed by atoms with E-state index in [1.165, 1.54) is 12.1 Å². The standard InChI is InChI=1S/C19H19N3O4S2/c1-2-26-17-11-7-6-10-16(17)21-18(23)12-14-13-27-19(20-14)22-28(24,25)15-8-4-3-5-9-15/h3-11,13H,2,12H2,1H3,(H,20,22)(H,21,23). The van der Waals surface area contributed by atoms with E-state index in [1.807, 2.05) is 13.0 Å². The molecule has 3 rings (SSSR count). The summed E-state index contributed by atoms with van der Waals surface area (Å²) in [6, 6.07) is 15.2. The molecule has 0 bridgehead atoms. The van der Waals surface area contributed by atoms with Gasteiger partial charge in [-0.15, -0.1) is 11.3 Å². The summed E-state index contributed by atoms with van der Waals surface area (Å²) < 4.78 is 32.6. The zero-order valence-corrected chi connectivity index (χ0v) is 16.7. The minimum absolute atomic E-state index is 0.0179. The fourth-order valence-electron chi connectivity index (χ4n) is 2.42. The van der Waals surface area contributed by atoms with Crippen LogP contribution in [0, 0.1) is 0 Å². The lowest BCUT2D eigenvalue weighted by Gasteiger charge is -2.10. The number of aromatic nitrogens is 1. The Labute approximate surface area is 167 Å². The van der Waals surface area contributed by atoms with Crippen LogP contribution in [0.4, 0.5) is 10.8 Å².